The molecule has 0 amide bonds. The summed E-state index contributed by atoms with van der Waals surface area (Å²) in [5.41, 5.74) is 3.20. The van der Waals surface area contributed by atoms with Crippen LogP contribution in [0.4, 0.5) is 5.82 Å². The highest BCUT2D eigenvalue weighted by Crippen LogP contribution is 2.35. The molecule has 188 valence electrons. The van der Waals surface area contributed by atoms with E-state index in [0.29, 0.717) is 38.0 Å². The summed E-state index contributed by atoms with van der Waals surface area (Å²) < 4.78 is 12.2. The Labute approximate surface area is 207 Å². The van der Waals surface area contributed by atoms with Gasteiger partial charge in [-0.3, -0.25) is 9.69 Å². The van der Waals surface area contributed by atoms with Gasteiger partial charge in [0.05, 0.1) is 12.7 Å². The minimum Gasteiger partial charge on any atom is -0.493 e. The Kier molecular flexibility index (Phi) is 7.84. The molecule has 0 radical (unpaired) electrons. The minimum atomic E-state index is -0.833. The lowest BCUT2D eigenvalue weighted by atomic mass is 10.0. The molecule has 7 heteroatoms. The van der Waals surface area contributed by atoms with Crippen molar-refractivity contribution in [2.45, 2.75) is 63.5 Å². The first-order valence-electron chi connectivity index (χ1n) is 13.2. The van der Waals surface area contributed by atoms with Crippen LogP contribution in [-0.2, 0) is 22.4 Å². The first-order chi connectivity index (χ1) is 17.2. The summed E-state index contributed by atoms with van der Waals surface area (Å²) in [4.78, 5) is 19.1. The Hall–Kier alpha value is -2.64. The van der Waals surface area contributed by atoms with Gasteiger partial charge < -0.3 is 19.9 Å². The summed E-state index contributed by atoms with van der Waals surface area (Å²) in [6.45, 7) is 3.72. The van der Waals surface area contributed by atoms with Gasteiger partial charge >= 0.3 is 5.97 Å². The Balaban J connectivity index is 1.08. The number of nitrogens with zero attached hydrogens (tertiary/aromatic N) is 2. The van der Waals surface area contributed by atoms with Crippen LogP contribution < -0.4 is 10.1 Å². The number of aromatic nitrogens is 1. The second-order valence-electron chi connectivity index (χ2n) is 10.1. The number of unbranched alkanes of at least 4 members (excludes halogenated alkanes) is 1. The fourth-order valence-electron chi connectivity index (χ4n) is 5.11. The van der Waals surface area contributed by atoms with E-state index in [0.717, 1.165) is 55.7 Å². The first kappa shape index (κ1) is 24.1. The van der Waals surface area contributed by atoms with Gasteiger partial charge in [0.15, 0.2) is 0 Å². The number of aliphatic carboxylic acids is 1. The second-order valence-corrected chi connectivity index (χ2v) is 10.1. The highest BCUT2D eigenvalue weighted by molar-refractivity contribution is 5.76. The third kappa shape index (κ3) is 6.33. The molecule has 2 N–H and O–H groups in total. The molecule has 1 aromatic heterocycles. The summed E-state index contributed by atoms with van der Waals surface area (Å²) in [6, 6.07) is 11.2. The van der Waals surface area contributed by atoms with Crippen LogP contribution in [0.25, 0.3) is 0 Å². The van der Waals surface area contributed by atoms with Crippen LogP contribution in [0.2, 0.25) is 0 Å². The van der Waals surface area contributed by atoms with Gasteiger partial charge in [0, 0.05) is 37.5 Å². The van der Waals surface area contributed by atoms with E-state index in [2.05, 4.69) is 17.4 Å². The Morgan fingerprint density at radius 3 is 2.91 bits per heavy atom. The molecule has 1 aliphatic carbocycles. The highest BCUT2D eigenvalue weighted by Gasteiger charge is 2.35. The lowest BCUT2D eigenvalue weighted by molar-refractivity contribution is -0.143. The van der Waals surface area contributed by atoms with Crippen LogP contribution in [0.5, 0.6) is 5.75 Å². The molecule has 2 aromatic rings. The van der Waals surface area contributed by atoms with Crippen LogP contribution in [0.1, 0.15) is 61.4 Å². The van der Waals surface area contributed by atoms with Crippen LogP contribution in [0.15, 0.2) is 36.4 Å². The molecule has 3 heterocycles. The van der Waals surface area contributed by atoms with Crippen LogP contribution >= 0.6 is 0 Å². The van der Waals surface area contributed by atoms with Crippen molar-refractivity contribution in [1.82, 2.24) is 9.88 Å². The summed E-state index contributed by atoms with van der Waals surface area (Å²) in [5.74, 6) is 1.54. The molecule has 3 aliphatic rings. The van der Waals surface area contributed by atoms with Gasteiger partial charge in [-0.25, -0.2) is 4.98 Å². The van der Waals surface area contributed by atoms with Crippen molar-refractivity contribution in [2.24, 2.45) is 5.92 Å². The SMILES string of the molecule is O=C(O)[C@@H](c1ccccc1OCC1CC1)N1CC[C@@H](OCCCCc2ccc3c(n2)NCCC3)C1. The third-order valence-electron chi connectivity index (χ3n) is 7.29. The number of hydrogen-bond acceptors (Lipinski definition) is 6. The number of fused-ring (bicyclic) bond motifs is 1. The summed E-state index contributed by atoms with van der Waals surface area (Å²) in [5, 5.41) is 13.5. The highest BCUT2D eigenvalue weighted by atomic mass is 16.5. The van der Waals surface area contributed by atoms with Crippen molar-refractivity contribution in [3.05, 3.63) is 53.2 Å². The largest absolute Gasteiger partial charge is 0.493 e. The predicted molar refractivity (Wildman–Crippen MR) is 135 cm³/mol. The van der Waals surface area contributed by atoms with Crippen molar-refractivity contribution < 1.29 is 19.4 Å². The van der Waals surface area contributed by atoms with Gasteiger partial charge in [-0.1, -0.05) is 24.3 Å². The number of likely N-dealkylation sites (tertiary alicyclic amines) is 1. The molecule has 2 aliphatic heterocycles. The zero-order valence-corrected chi connectivity index (χ0v) is 20.5. The van der Waals surface area contributed by atoms with E-state index in [1.165, 1.54) is 24.8 Å². The quantitative estimate of drug-likeness (QED) is 0.435. The van der Waals surface area contributed by atoms with Crippen molar-refractivity contribution in [3.8, 4) is 5.75 Å². The molecular formula is C28H37N3O4. The van der Waals surface area contributed by atoms with Gasteiger partial charge in [0.25, 0.3) is 0 Å². The van der Waals surface area contributed by atoms with Gasteiger partial charge in [-0.05, 0) is 75.0 Å². The van der Waals surface area contributed by atoms with E-state index in [9.17, 15) is 9.90 Å². The Morgan fingerprint density at radius 1 is 1.17 bits per heavy atom. The molecule has 1 aromatic carbocycles. The fourth-order valence-corrected chi connectivity index (χ4v) is 5.11. The molecule has 1 saturated carbocycles. The standard InChI is InChI=1S/C28H37N3O4/c32-28(33)26(24-8-1-2-9-25(24)35-19-20-10-11-20)31-16-14-23(18-31)34-17-4-3-7-22-13-12-21-6-5-15-29-27(21)30-22/h1-2,8-9,12-13,20,23,26H,3-7,10-11,14-19H2,(H,29,30)(H,32,33)/t23-,26-/m1/s1. The summed E-state index contributed by atoms with van der Waals surface area (Å²) >= 11 is 0. The normalized spacial score (nSPS) is 20.7. The van der Waals surface area contributed by atoms with E-state index >= 15 is 0 Å². The van der Waals surface area contributed by atoms with Crippen molar-refractivity contribution in [3.63, 3.8) is 0 Å². The average Bonchev–Trinajstić information content (AvgIpc) is 3.60. The molecule has 35 heavy (non-hydrogen) atoms. The van der Waals surface area contributed by atoms with Crippen molar-refractivity contribution in [1.29, 1.82) is 0 Å². The first-order valence-corrected chi connectivity index (χ1v) is 13.2. The topological polar surface area (TPSA) is 83.9 Å². The number of ether oxygens (including phenoxy) is 2. The Morgan fingerprint density at radius 2 is 2.06 bits per heavy atom. The smallest absolute Gasteiger partial charge is 0.325 e. The van der Waals surface area contributed by atoms with Crippen LogP contribution in [0, 0.1) is 5.92 Å². The number of benzene rings is 1. The van der Waals surface area contributed by atoms with Gasteiger partial charge in [0.1, 0.15) is 17.6 Å². The van der Waals surface area contributed by atoms with E-state index < -0.39 is 12.0 Å². The van der Waals surface area contributed by atoms with E-state index in [-0.39, 0.29) is 6.10 Å². The molecule has 0 unspecified atom stereocenters. The van der Waals surface area contributed by atoms with Crippen LogP contribution in [-0.4, -0.2) is 59.9 Å². The number of aryl methyl sites for hydroxylation is 2. The van der Waals surface area contributed by atoms with Crippen molar-refractivity contribution in [2.75, 3.05) is 38.2 Å². The van der Waals surface area contributed by atoms with Crippen LogP contribution in [0.3, 0.4) is 0 Å². The van der Waals surface area contributed by atoms with Crippen molar-refractivity contribution >= 4 is 11.8 Å². The average molecular weight is 480 g/mol. The molecule has 2 atom stereocenters. The number of hydrogen-bond donors (Lipinski definition) is 2. The number of para-hydroxylation sites is 1. The van der Waals surface area contributed by atoms with E-state index in [1.807, 2.05) is 29.2 Å². The van der Waals surface area contributed by atoms with Gasteiger partial charge in [-0.15, -0.1) is 0 Å². The summed E-state index contributed by atoms with van der Waals surface area (Å²) in [7, 11) is 0. The summed E-state index contributed by atoms with van der Waals surface area (Å²) in [6.07, 6.45) is 8.59. The molecular weight excluding hydrogens is 442 g/mol. The molecule has 1 saturated heterocycles. The molecule has 0 bridgehead atoms. The predicted octanol–water partition coefficient (Wildman–Crippen LogP) is 4.47. The number of anilines is 1. The van der Waals surface area contributed by atoms with Gasteiger partial charge in [0.2, 0.25) is 0 Å². The Bertz CT molecular complexity index is 1010. The van der Waals surface area contributed by atoms with E-state index in [4.69, 9.17) is 14.5 Å². The fraction of sp³-hybridized carbons (Fsp3) is 0.571. The number of pyridine rings is 1. The maximum absolute atomic E-state index is 12.3. The lowest BCUT2D eigenvalue weighted by Crippen LogP contribution is -2.33. The molecule has 2 fully saturated rings. The molecule has 7 nitrogen and oxygen atoms in total. The number of carboxylic acids is 1. The second kappa shape index (κ2) is 11.4. The number of carbonyl (C=O) groups is 1. The van der Waals surface area contributed by atoms with E-state index in [1.54, 1.807) is 0 Å². The number of nitrogens with one attached hydrogen (secondary N) is 1. The lowest BCUT2D eigenvalue weighted by Gasteiger charge is -2.26. The maximum atomic E-state index is 12.3. The number of rotatable bonds is 12. The third-order valence-corrected chi connectivity index (χ3v) is 7.29. The molecule has 5 rings (SSSR count). The van der Waals surface area contributed by atoms with Gasteiger partial charge in [-0.2, -0.15) is 0 Å². The number of carboxylic acid groups (broad SMARTS) is 1. The maximum Gasteiger partial charge on any atom is 0.325 e. The molecule has 0 spiro atoms. The zero-order valence-electron chi connectivity index (χ0n) is 20.5. The minimum absolute atomic E-state index is 0.0717. The monoisotopic (exact) mass is 479 g/mol. The zero-order chi connectivity index (χ0) is 24.0.